The first kappa shape index (κ1) is 10.8. The fraction of sp³-hybridized carbons (Fsp3) is 0.500. The van der Waals surface area contributed by atoms with Crippen molar-refractivity contribution in [2.24, 2.45) is 5.73 Å². The summed E-state index contributed by atoms with van der Waals surface area (Å²) in [5, 5.41) is 0.679. The van der Waals surface area contributed by atoms with E-state index in [4.69, 9.17) is 22.1 Å². The summed E-state index contributed by atoms with van der Waals surface area (Å²) in [6.45, 7) is 2.76. The molecule has 1 aliphatic rings. The second-order valence-electron chi connectivity index (χ2n) is 4.26. The zero-order valence-electron chi connectivity index (χ0n) is 9.14. The Morgan fingerprint density at radius 1 is 1.47 bits per heavy atom. The van der Waals surface area contributed by atoms with Crippen molar-refractivity contribution in [2.75, 3.05) is 13.7 Å². The number of nitrogens with two attached hydrogens (primary N) is 1. The molecule has 0 aromatic heterocycles. The summed E-state index contributed by atoms with van der Waals surface area (Å²) in [7, 11) is 1.66. The van der Waals surface area contributed by atoms with Gasteiger partial charge in [-0.05, 0) is 31.4 Å². The summed E-state index contributed by atoms with van der Waals surface area (Å²) >= 11 is 6.13. The Morgan fingerprint density at radius 3 is 2.60 bits per heavy atom. The van der Waals surface area contributed by atoms with Gasteiger partial charge in [0.25, 0.3) is 0 Å². The van der Waals surface area contributed by atoms with Gasteiger partial charge in [-0.25, -0.2) is 0 Å². The maximum absolute atomic E-state index is 6.13. The van der Waals surface area contributed by atoms with Gasteiger partial charge in [0.15, 0.2) is 0 Å². The normalized spacial score (nSPS) is 17.6. The zero-order valence-corrected chi connectivity index (χ0v) is 9.90. The van der Waals surface area contributed by atoms with Crippen molar-refractivity contribution in [2.45, 2.75) is 25.2 Å². The maximum atomic E-state index is 6.13. The molecule has 1 aromatic rings. The summed E-state index contributed by atoms with van der Waals surface area (Å²) in [4.78, 5) is 0. The van der Waals surface area contributed by atoms with Crippen LogP contribution in [0.3, 0.4) is 0 Å². The maximum Gasteiger partial charge on any atom is 0.141 e. The number of aryl methyl sites for hydroxylation is 1. The molecule has 1 aromatic carbocycles. The van der Waals surface area contributed by atoms with E-state index in [1.807, 2.05) is 12.1 Å². The number of hydrogen-bond donors (Lipinski definition) is 1. The van der Waals surface area contributed by atoms with Crippen molar-refractivity contribution in [1.82, 2.24) is 0 Å². The van der Waals surface area contributed by atoms with Crippen LogP contribution in [0.5, 0.6) is 5.75 Å². The van der Waals surface area contributed by atoms with Crippen LogP contribution >= 0.6 is 11.6 Å². The number of hydrogen-bond acceptors (Lipinski definition) is 2. The molecule has 0 aliphatic heterocycles. The molecule has 0 spiro atoms. The smallest absolute Gasteiger partial charge is 0.141 e. The fourth-order valence-electron chi connectivity index (χ4n) is 2.22. The average molecular weight is 226 g/mol. The number of benzene rings is 1. The SMILES string of the molecule is COc1c(Cl)ccc(C)c1C1(CN)CC1. The molecule has 15 heavy (non-hydrogen) atoms. The third-order valence-electron chi connectivity index (χ3n) is 3.30. The second kappa shape index (κ2) is 3.69. The Bertz CT molecular complexity index is 385. The molecule has 0 radical (unpaired) electrons. The van der Waals surface area contributed by atoms with E-state index in [1.54, 1.807) is 7.11 Å². The molecule has 1 fully saturated rings. The standard InChI is InChI=1S/C12H16ClNO/c1-8-3-4-9(13)11(15-2)10(8)12(7-14)5-6-12/h3-4H,5-7,14H2,1-2H3. The van der Waals surface area contributed by atoms with Crippen LogP contribution < -0.4 is 10.5 Å². The van der Waals surface area contributed by atoms with Gasteiger partial charge in [0.05, 0.1) is 12.1 Å². The van der Waals surface area contributed by atoms with Gasteiger partial charge in [0.1, 0.15) is 5.75 Å². The molecule has 0 saturated heterocycles. The highest BCUT2D eigenvalue weighted by Crippen LogP contribution is 2.53. The van der Waals surface area contributed by atoms with Gasteiger partial charge in [0.2, 0.25) is 0 Å². The average Bonchev–Trinajstić information content (AvgIpc) is 3.01. The van der Waals surface area contributed by atoms with Crippen LogP contribution in [0.2, 0.25) is 5.02 Å². The number of ether oxygens (including phenoxy) is 1. The number of rotatable bonds is 3. The van der Waals surface area contributed by atoms with Crippen LogP contribution in [0, 0.1) is 6.92 Å². The lowest BCUT2D eigenvalue weighted by Crippen LogP contribution is -2.21. The predicted molar refractivity (Wildman–Crippen MR) is 62.7 cm³/mol. The van der Waals surface area contributed by atoms with Gasteiger partial charge in [-0.3, -0.25) is 0 Å². The summed E-state index contributed by atoms with van der Waals surface area (Å²) in [6.07, 6.45) is 2.28. The van der Waals surface area contributed by atoms with Crippen molar-refractivity contribution in [3.63, 3.8) is 0 Å². The van der Waals surface area contributed by atoms with Gasteiger partial charge in [-0.1, -0.05) is 17.7 Å². The molecule has 0 unspecified atom stereocenters. The van der Waals surface area contributed by atoms with Crippen LogP contribution in [0.15, 0.2) is 12.1 Å². The first-order valence-corrected chi connectivity index (χ1v) is 5.56. The molecule has 0 bridgehead atoms. The number of halogens is 1. The molecule has 0 amide bonds. The molecular weight excluding hydrogens is 210 g/mol. The van der Waals surface area contributed by atoms with Crippen LogP contribution in [-0.4, -0.2) is 13.7 Å². The molecule has 0 atom stereocenters. The Balaban J connectivity index is 2.58. The quantitative estimate of drug-likeness (QED) is 0.859. The monoisotopic (exact) mass is 225 g/mol. The van der Waals surface area contributed by atoms with E-state index in [9.17, 15) is 0 Å². The highest BCUT2D eigenvalue weighted by Gasteiger charge is 2.46. The van der Waals surface area contributed by atoms with Crippen molar-refractivity contribution in [3.8, 4) is 5.75 Å². The summed E-state index contributed by atoms with van der Waals surface area (Å²) in [5.74, 6) is 0.805. The van der Waals surface area contributed by atoms with E-state index in [1.165, 1.54) is 11.1 Å². The molecule has 2 rings (SSSR count). The molecule has 1 aliphatic carbocycles. The van der Waals surface area contributed by atoms with Crippen molar-refractivity contribution in [1.29, 1.82) is 0 Å². The summed E-state index contributed by atoms with van der Waals surface area (Å²) in [6, 6.07) is 3.92. The molecule has 2 N–H and O–H groups in total. The molecule has 3 heteroatoms. The van der Waals surface area contributed by atoms with E-state index in [0.29, 0.717) is 11.6 Å². The Kier molecular flexibility index (Phi) is 2.65. The van der Waals surface area contributed by atoms with Crippen molar-refractivity contribution >= 4 is 11.6 Å². The summed E-state index contributed by atoms with van der Waals surface area (Å²) < 4.78 is 5.40. The van der Waals surface area contributed by atoms with E-state index < -0.39 is 0 Å². The van der Waals surface area contributed by atoms with Gasteiger partial charge >= 0.3 is 0 Å². The lowest BCUT2D eigenvalue weighted by Gasteiger charge is -2.20. The van der Waals surface area contributed by atoms with Crippen LogP contribution in [0.4, 0.5) is 0 Å². The van der Waals surface area contributed by atoms with Crippen LogP contribution in [0.1, 0.15) is 24.0 Å². The number of methoxy groups -OCH3 is 1. The minimum absolute atomic E-state index is 0.125. The van der Waals surface area contributed by atoms with E-state index in [-0.39, 0.29) is 5.41 Å². The third kappa shape index (κ3) is 1.62. The molecule has 0 heterocycles. The Labute approximate surface area is 95.4 Å². The lowest BCUT2D eigenvalue weighted by molar-refractivity contribution is 0.404. The Hall–Kier alpha value is -0.730. The van der Waals surface area contributed by atoms with Gasteiger partial charge in [-0.2, -0.15) is 0 Å². The van der Waals surface area contributed by atoms with E-state index in [2.05, 4.69) is 6.92 Å². The summed E-state index contributed by atoms with van der Waals surface area (Å²) in [5.41, 5.74) is 8.40. The van der Waals surface area contributed by atoms with Crippen molar-refractivity contribution < 1.29 is 4.74 Å². The predicted octanol–water partition coefficient (Wildman–Crippen LogP) is 2.65. The minimum Gasteiger partial charge on any atom is -0.495 e. The molecule has 1 saturated carbocycles. The van der Waals surface area contributed by atoms with Gasteiger partial charge < -0.3 is 10.5 Å². The second-order valence-corrected chi connectivity index (χ2v) is 4.66. The van der Waals surface area contributed by atoms with Crippen LogP contribution in [0.25, 0.3) is 0 Å². The fourth-order valence-corrected chi connectivity index (χ4v) is 2.46. The molecule has 82 valence electrons. The van der Waals surface area contributed by atoms with E-state index >= 15 is 0 Å². The highest BCUT2D eigenvalue weighted by atomic mass is 35.5. The van der Waals surface area contributed by atoms with Gasteiger partial charge in [-0.15, -0.1) is 0 Å². The molecule has 2 nitrogen and oxygen atoms in total. The van der Waals surface area contributed by atoms with E-state index in [0.717, 1.165) is 18.6 Å². The minimum atomic E-state index is 0.125. The Morgan fingerprint density at radius 2 is 2.13 bits per heavy atom. The third-order valence-corrected chi connectivity index (χ3v) is 3.59. The zero-order chi connectivity index (χ0) is 11.1. The first-order chi connectivity index (χ1) is 7.14. The van der Waals surface area contributed by atoms with Gasteiger partial charge in [0, 0.05) is 17.5 Å². The highest BCUT2D eigenvalue weighted by molar-refractivity contribution is 6.32. The largest absolute Gasteiger partial charge is 0.495 e. The topological polar surface area (TPSA) is 35.2 Å². The first-order valence-electron chi connectivity index (χ1n) is 5.18. The molecular formula is C12H16ClNO. The van der Waals surface area contributed by atoms with Crippen LogP contribution in [-0.2, 0) is 5.41 Å². The van der Waals surface area contributed by atoms with Crippen molar-refractivity contribution in [3.05, 3.63) is 28.3 Å². The lowest BCUT2D eigenvalue weighted by atomic mass is 9.91.